The molecule has 0 aliphatic heterocycles. The lowest BCUT2D eigenvalue weighted by atomic mass is 9.98. The van der Waals surface area contributed by atoms with Crippen LogP contribution in [0.5, 0.6) is 0 Å². The van der Waals surface area contributed by atoms with Gasteiger partial charge < -0.3 is 15.5 Å². The van der Waals surface area contributed by atoms with Gasteiger partial charge in [0.05, 0.1) is 5.56 Å². The topological polar surface area (TPSA) is 61.4 Å². The van der Waals surface area contributed by atoms with Crippen molar-refractivity contribution in [3.8, 4) is 0 Å². The summed E-state index contributed by atoms with van der Waals surface area (Å²) in [6.45, 7) is 4.63. The quantitative estimate of drug-likeness (QED) is 0.605. The molecule has 0 saturated carbocycles. The zero-order chi connectivity index (χ0) is 21.2. The van der Waals surface area contributed by atoms with Crippen LogP contribution >= 0.6 is 0 Å². The van der Waals surface area contributed by atoms with Gasteiger partial charge in [-0.3, -0.25) is 9.59 Å². The number of benzene rings is 2. The highest BCUT2D eigenvalue weighted by atomic mass is 16.2. The lowest BCUT2D eigenvalue weighted by Crippen LogP contribution is -2.26. The van der Waals surface area contributed by atoms with E-state index >= 15 is 0 Å². The van der Waals surface area contributed by atoms with E-state index in [1.165, 1.54) is 0 Å². The average molecular weight is 396 g/mol. The van der Waals surface area contributed by atoms with Crippen LogP contribution in [0.2, 0.25) is 0 Å². The minimum Gasteiger partial charge on any atom is -0.377 e. The molecule has 156 valence electrons. The minimum atomic E-state index is -0.160. The highest BCUT2D eigenvalue weighted by Gasteiger charge is 2.18. The number of hydrogen-bond acceptors (Lipinski definition) is 3. The standard InChI is InChI=1S/C24H33N3O2/c1-5-7-13-19(6-2)23(28)26-20-14-15-22(27(3)4)21(16-20)24(29)25-17-18-11-9-8-10-12-18/h8-12,14-16,19H,5-7,13,17H2,1-4H3,(H,25,29)(H,26,28). The fraction of sp³-hybridized carbons (Fsp3) is 0.417. The molecule has 0 aromatic heterocycles. The molecule has 2 aromatic rings. The first-order chi connectivity index (χ1) is 14.0. The second-order valence-corrected chi connectivity index (χ2v) is 7.53. The van der Waals surface area contributed by atoms with Crippen molar-refractivity contribution in [2.24, 2.45) is 5.92 Å². The van der Waals surface area contributed by atoms with Gasteiger partial charge in [-0.05, 0) is 36.6 Å². The molecule has 2 N–H and O–H groups in total. The maximum Gasteiger partial charge on any atom is 0.253 e. The third-order valence-corrected chi connectivity index (χ3v) is 5.06. The lowest BCUT2D eigenvalue weighted by Gasteiger charge is -2.20. The number of nitrogens with zero attached hydrogens (tertiary/aromatic N) is 1. The summed E-state index contributed by atoms with van der Waals surface area (Å²) in [7, 11) is 3.80. The van der Waals surface area contributed by atoms with Crippen LogP contribution in [0.15, 0.2) is 48.5 Å². The number of amides is 2. The van der Waals surface area contributed by atoms with Gasteiger partial charge in [0.1, 0.15) is 0 Å². The summed E-state index contributed by atoms with van der Waals surface area (Å²) in [6.07, 6.45) is 3.82. The van der Waals surface area contributed by atoms with Crippen molar-refractivity contribution < 1.29 is 9.59 Å². The molecule has 0 aliphatic rings. The Bertz CT molecular complexity index is 803. The number of rotatable bonds is 10. The molecule has 0 aliphatic carbocycles. The summed E-state index contributed by atoms with van der Waals surface area (Å²) in [5.74, 6) is -0.139. The Labute approximate surface area is 174 Å². The van der Waals surface area contributed by atoms with Crippen molar-refractivity contribution in [3.63, 3.8) is 0 Å². The Kier molecular flexibility index (Phi) is 8.71. The van der Waals surface area contributed by atoms with Crippen LogP contribution in [0.3, 0.4) is 0 Å². The molecule has 5 nitrogen and oxygen atoms in total. The van der Waals surface area contributed by atoms with Gasteiger partial charge in [-0.1, -0.05) is 57.0 Å². The molecular formula is C24H33N3O2. The summed E-state index contributed by atoms with van der Waals surface area (Å²) in [5, 5.41) is 5.97. The predicted octanol–water partition coefficient (Wildman–Crippen LogP) is 4.84. The van der Waals surface area contributed by atoms with Gasteiger partial charge in [0.15, 0.2) is 0 Å². The Hall–Kier alpha value is -2.82. The third kappa shape index (κ3) is 6.63. The zero-order valence-corrected chi connectivity index (χ0v) is 18.0. The summed E-state index contributed by atoms with van der Waals surface area (Å²) >= 11 is 0. The molecule has 0 spiro atoms. The second-order valence-electron chi connectivity index (χ2n) is 7.53. The van der Waals surface area contributed by atoms with Crippen molar-refractivity contribution in [1.29, 1.82) is 0 Å². The van der Waals surface area contributed by atoms with Crippen LogP contribution in [-0.2, 0) is 11.3 Å². The van der Waals surface area contributed by atoms with Gasteiger partial charge in [0, 0.05) is 37.9 Å². The minimum absolute atomic E-state index is 0.00108. The van der Waals surface area contributed by atoms with E-state index in [4.69, 9.17) is 0 Å². The largest absolute Gasteiger partial charge is 0.377 e. The molecule has 29 heavy (non-hydrogen) atoms. The van der Waals surface area contributed by atoms with Gasteiger partial charge in [-0.25, -0.2) is 0 Å². The van der Waals surface area contributed by atoms with E-state index in [-0.39, 0.29) is 17.7 Å². The molecular weight excluding hydrogens is 362 g/mol. The number of nitrogens with one attached hydrogen (secondary N) is 2. The van der Waals surface area contributed by atoms with E-state index in [1.807, 2.05) is 68.4 Å². The highest BCUT2D eigenvalue weighted by Crippen LogP contribution is 2.24. The molecule has 0 saturated heterocycles. The Morgan fingerprint density at radius 2 is 1.76 bits per heavy atom. The lowest BCUT2D eigenvalue weighted by molar-refractivity contribution is -0.120. The van der Waals surface area contributed by atoms with E-state index in [2.05, 4.69) is 17.6 Å². The van der Waals surface area contributed by atoms with Gasteiger partial charge in [-0.2, -0.15) is 0 Å². The maximum atomic E-state index is 12.9. The van der Waals surface area contributed by atoms with Crippen LogP contribution in [0, 0.1) is 5.92 Å². The molecule has 0 bridgehead atoms. The molecule has 1 unspecified atom stereocenters. The first-order valence-electron chi connectivity index (χ1n) is 10.4. The Balaban J connectivity index is 2.15. The summed E-state index contributed by atoms with van der Waals surface area (Å²) in [4.78, 5) is 27.4. The number of unbranched alkanes of at least 4 members (excludes halogenated alkanes) is 1. The van der Waals surface area contributed by atoms with E-state index in [9.17, 15) is 9.59 Å². The number of hydrogen-bond donors (Lipinski definition) is 2. The Morgan fingerprint density at radius 1 is 1.03 bits per heavy atom. The maximum absolute atomic E-state index is 12.9. The van der Waals surface area contributed by atoms with Crippen LogP contribution in [-0.4, -0.2) is 25.9 Å². The third-order valence-electron chi connectivity index (χ3n) is 5.06. The monoisotopic (exact) mass is 395 g/mol. The SMILES string of the molecule is CCCCC(CC)C(=O)Nc1ccc(N(C)C)c(C(=O)NCc2ccccc2)c1. The summed E-state index contributed by atoms with van der Waals surface area (Å²) in [6, 6.07) is 15.3. The van der Waals surface area contributed by atoms with E-state index in [1.54, 1.807) is 6.07 Å². The first kappa shape index (κ1) is 22.5. The van der Waals surface area contributed by atoms with Crippen molar-refractivity contribution in [2.45, 2.75) is 46.1 Å². The molecule has 2 rings (SSSR count). The van der Waals surface area contributed by atoms with Crippen LogP contribution in [0.25, 0.3) is 0 Å². The molecule has 0 fully saturated rings. The van der Waals surface area contributed by atoms with Gasteiger partial charge in [-0.15, -0.1) is 0 Å². The summed E-state index contributed by atoms with van der Waals surface area (Å²) in [5.41, 5.74) is 3.05. The van der Waals surface area contributed by atoms with Crippen molar-refractivity contribution in [1.82, 2.24) is 5.32 Å². The van der Waals surface area contributed by atoms with Crippen LogP contribution in [0.1, 0.15) is 55.5 Å². The normalized spacial score (nSPS) is 11.6. The fourth-order valence-electron chi connectivity index (χ4n) is 3.27. The molecule has 2 aromatic carbocycles. The number of carbonyl (C=O) groups excluding carboxylic acids is 2. The smallest absolute Gasteiger partial charge is 0.253 e. The van der Waals surface area contributed by atoms with Gasteiger partial charge in [0.2, 0.25) is 5.91 Å². The van der Waals surface area contributed by atoms with Gasteiger partial charge in [0.25, 0.3) is 5.91 Å². The van der Waals surface area contributed by atoms with Crippen LogP contribution < -0.4 is 15.5 Å². The average Bonchev–Trinajstić information content (AvgIpc) is 2.73. The first-order valence-corrected chi connectivity index (χ1v) is 10.4. The molecule has 2 amide bonds. The van der Waals surface area contributed by atoms with Crippen LogP contribution in [0.4, 0.5) is 11.4 Å². The summed E-state index contributed by atoms with van der Waals surface area (Å²) < 4.78 is 0. The molecule has 0 radical (unpaired) electrons. The number of anilines is 2. The zero-order valence-electron chi connectivity index (χ0n) is 18.0. The van der Waals surface area contributed by atoms with Crippen molar-refractivity contribution in [3.05, 3.63) is 59.7 Å². The van der Waals surface area contributed by atoms with Crippen molar-refractivity contribution in [2.75, 3.05) is 24.3 Å². The molecule has 5 heteroatoms. The highest BCUT2D eigenvalue weighted by molar-refractivity contribution is 6.02. The van der Waals surface area contributed by atoms with Gasteiger partial charge >= 0.3 is 0 Å². The fourth-order valence-corrected chi connectivity index (χ4v) is 3.27. The van der Waals surface area contributed by atoms with Crippen molar-refractivity contribution >= 4 is 23.2 Å². The molecule has 1 atom stereocenters. The Morgan fingerprint density at radius 3 is 2.38 bits per heavy atom. The molecule has 0 heterocycles. The second kappa shape index (κ2) is 11.2. The van der Waals surface area contributed by atoms with E-state index in [0.717, 1.165) is 36.9 Å². The number of carbonyl (C=O) groups is 2. The predicted molar refractivity (Wildman–Crippen MR) is 120 cm³/mol. The van der Waals surface area contributed by atoms with E-state index < -0.39 is 0 Å². The van der Waals surface area contributed by atoms with E-state index in [0.29, 0.717) is 17.8 Å².